The van der Waals surface area contributed by atoms with Gasteiger partial charge in [-0.25, -0.2) is 13.8 Å². The predicted octanol–water partition coefficient (Wildman–Crippen LogP) is 3.15. The summed E-state index contributed by atoms with van der Waals surface area (Å²) in [5.74, 6) is -2.63. The molecule has 0 bridgehead atoms. The standard InChI is InChI=1S/C17H15F4N3O3/c1-2-3-6-24-14(9-27-17(20)21)23-15(11(8-25)16(24)26)22-10-4-5-12(18)13(19)7-10/h2-7,17,22,25H,1,8-9H2/b6-3-. The molecule has 0 atom stereocenters. The number of halogens is 4. The van der Waals surface area contributed by atoms with E-state index in [0.29, 0.717) is 0 Å². The zero-order valence-electron chi connectivity index (χ0n) is 13.8. The van der Waals surface area contributed by atoms with E-state index in [4.69, 9.17) is 0 Å². The molecule has 6 nitrogen and oxygen atoms in total. The van der Waals surface area contributed by atoms with Gasteiger partial charge in [0, 0.05) is 18.0 Å². The Hall–Kier alpha value is -2.98. The first-order chi connectivity index (χ1) is 12.9. The number of anilines is 2. The molecule has 0 aliphatic heterocycles. The lowest BCUT2D eigenvalue weighted by atomic mass is 10.2. The maximum absolute atomic E-state index is 13.4. The topological polar surface area (TPSA) is 76.4 Å². The summed E-state index contributed by atoms with van der Waals surface area (Å²) in [5.41, 5.74) is -0.937. The SMILES string of the molecule is C=C/C=C\n1c(COC(F)F)nc(Nc2ccc(F)c(F)c2)c(CO)c1=O. The van der Waals surface area contributed by atoms with E-state index in [1.54, 1.807) is 0 Å². The second-order valence-electron chi connectivity index (χ2n) is 5.09. The van der Waals surface area contributed by atoms with Crippen molar-refractivity contribution < 1.29 is 27.4 Å². The van der Waals surface area contributed by atoms with Gasteiger partial charge in [0.15, 0.2) is 11.6 Å². The van der Waals surface area contributed by atoms with Crippen molar-refractivity contribution in [3.63, 3.8) is 0 Å². The second kappa shape index (κ2) is 9.10. The van der Waals surface area contributed by atoms with Gasteiger partial charge in [-0.05, 0) is 18.2 Å². The Labute approximate surface area is 151 Å². The fourth-order valence-corrected chi connectivity index (χ4v) is 2.11. The number of nitrogens with one attached hydrogen (secondary N) is 1. The van der Waals surface area contributed by atoms with Gasteiger partial charge in [0.05, 0.1) is 12.2 Å². The lowest BCUT2D eigenvalue weighted by Gasteiger charge is -2.15. The molecule has 0 saturated heterocycles. The van der Waals surface area contributed by atoms with Crippen LogP contribution in [0, 0.1) is 11.6 Å². The third kappa shape index (κ3) is 5.02. The van der Waals surface area contributed by atoms with Crippen LogP contribution in [-0.4, -0.2) is 21.3 Å². The average molecular weight is 385 g/mol. The van der Waals surface area contributed by atoms with Gasteiger partial charge < -0.3 is 15.2 Å². The molecule has 0 aliphatic carbocycles. The molecule has 0 fully saturated rings. The molecule has 27 heavy (non-hydrogen) atoms. The average Bonchev–Trinajstić information content (AvgIpc) is 2.62. The van der Waals surface area contributed by atoms with Gasteiger partial charge in [0.1, 0.15) is 18.2 Å². The number of nitrogens with zero attached hydrogens (tertiary/aromatic N) is 2. The Morgan fingerprint density at radius 2 is 2.07 bits per heavy atom. The molecule has 0 spiro atoms. The van der Waals surface area contributed by atoms with E-state index in [9.17, 15) is 27.5 Å². The van der Waals surface area contributed by atoms with Gasteiger partial charge in [-0.2, -0.15) is 8.78 Å². The quantitative estimate of drug-likeness (QED) is 0.539. The number of ether oxygens (including phenoxy) is 1. The summed E-state index contributed by atoms with van der Waals surface area (Å²) in [6, 6.07) is 2.85. The zero-order valence-corrected chi connectivity index (χ0v) is 13.8. The number of rotatable bonds is 8. The van der Waals surface area contributed by atoms with E-state index in [-0.39, 0.29) is 22.9 Å². The molecule has 1 heterocycles. The van der Waals surface area contributed by atoms with Crippen LogP contribution in [0.1, 0.15) is 11.4 Å². The minimum Gasteiger partial charge on any atom is -0.391 e. The Morgan fingerprint density at radius 3 is 2.67 bits per heavy atom. The molecule has 0 unspecified atom stereocenters. The number of allylic oxidation sites excluding steroid dienone is 2. The maximum Gasteiger partial charge on any atom is 0.345 e. The monoisotopic (exact) mass is 385 g/mol. The number of aliphatic hydroxyl groups excluding tert-OH is 1. The smallest absolute Gasteiger partial charge is 0.345 e. The highest BCUT2D eigenvalue weighted by Gasteiger charge is 2.17. The third-order valence-corrected chi connectivity index (χ3v) is 3.33. The third-order valence-electron chi connectivity index (χ3n) is 3.33. The lowest BCUT2D eigenvalue weighted by Crippen LogP contribution is -2.27. The largest absolute Gasteiger partial charge is 0.391 e. The predicted molar refractivity (Wildman–Crippen MR) is 90.4 cm³/mol. The van der Waals surface area contributed by atoms with Crippen LogP contribution in [0.15, 0.2) is 41.7 Å². The minimum atomic E-state index is -3.10. The summed E-state index contributed by atoms with van der Waals surface area (Å²) in [6.45, 7) is -1.12. The van der Waals surface area contributed by atoms with Crippen molar-refractivity contribution in [2.75, 3.05) is 5.32 Å². The van der Waals surface area contributed by atoms with E-state index in [1.807, 2.05) is 0 Å². The van der Waals surface area contributed by atoms with Crippen molar-refractivity contribution in [3.8, 4) is 0 Å². The lowest BCUT2D eigenvalue weighted by molar-refractivity contribution is -0.139. The summed E-state index contributed by atoms with van der Waals surface area (Å²) in [5, 5.41) is 12.1. The van der Waals surface area contributed by atoms with Crippen molar-refractivity contribution in [3.05, 3.63) is 70.3 Å². The molecule has 0 amide bonds. The molecule has 2 rings (SSSR count). The van der Waals surface area contributed by atoms with Crippen molar-refractivity contribution in [2.24, 2.45) is 0 Å². The molecule has 1 aromatic heterocycles. The number of hydrogen-bond donors (Lipinski definition) is 2. The Balaban J connectivity index is 2.54. The van der Waals surface area contributed by atoms with E-state index in [1.165, 1.54) is 24.4 Å². The van der Waals surface area contributed by atoms with Gasteiger partial charge >= 0.3 is 6.61 Å². The Morgan fingerprint density at radius 1 is 1.33 bits per heavy atom. The first-order valence-corrected chi connectivity index (χ1v) is 7.53. The summed E-state index contributed by atoms with van der Waals surface area (Å²) < 4.78 is 56.3. The van der Waals surface area contributed by atoms with Gasteiger partial charge in [-0.15, -0.1) is 0 Å². The normalized spacial score (nSPS) is 11.3. The van der Waals surface area contributed by atoms with Gasteiger partial charge in [-0.3, -0.25) is 9.36 Å². The van der Waals surface area contributed by atoms with E-state index in [0.717, 1.165) is 16.7 Å². The molecular weight excluding hydrogens is 370 g/mol. The maximum atomic E-state index is 13.4. The van der Waals surface area contributed by atoms with Crippen LogP contribution in [0.5, 0.6) is 0 Å². The van der Waals surface area contributed by atoms with Crippen LogP contribution >= 0.6 is 0 Å². The van der Waals surface area contributed by atoms with Crippen LogP contribution in [0.25, 0.3) is 6.20 Å². The molecule has 0 aliphatic rings. The molecule has 2 aromatic rings. The van der Waals surface area contributed by atoms with E-state index < -0.39 is 37.0 Å². The number of alkyl halides is 2. The molecule has 2 N–H and O–H groups in total. The van der Waals surface area contributed by atoms with Crippen LogP contribution in [0.3, 0.4) is 0 Å². The molecule has 0 radical (unpaired) electrons. The second-order valence-corrected chi connectivity index (χ2v) is 5.09. The number of hydrogen-bond acceptors (Lipinski definition) is 5. The Kier molecular flexibility index (Phi) is 6.85. The molecule has 1 aromatic carbocycles. The summed E-state index contributed by atoms with van der Waals surface area (Å²) in [4.78, 5) is 16.6. The Bertz CT molecular complexity index is 913. The van der Waals surface area contributed by atoms with Gasteiger partial charge in [0.25, 0.3) is 5.56 Å². The van der Waals surface area contributed by atoms with Crippen molar-refractivity contribution in [2.45, 2.75) is 19.8 Å². The fourth-order valence-electron chi connectivity index (χ4n) is 2.11. The molecular formula is C17H15F4N3O3. The van der Waals surface area contributed by atoms with Crippen molar-refractivity contribution >= 4 is 17.7 Å². The van der Waals surface area contributed by atoms with Crippen LogP contribution in [0.2, 0.25) is 0 Å². The van der Waals surface area contributed by atoms with Crippen LogP contribution < -0.4 is 10.9 Å². The zero-order chi connectivity index (χ0) is 20.0. The van der Waals surface area contributed by atoms with Gasteiger partial charge in [-0.1, -0.05) is 12.7 Å². The molecule has 144 valence electrons. The van der Waals surface area contributed by atoms with Crippen LogP contribution in [-0.2, 0) is 18.0 Å². The number of benzene rings is 1. The highest BCUT2D eigenvalue weighted by molar-refractivity contribution is 5.59. The molecule has 0 saturated carbocycles. The molecule has 10 heteroatoms. The van der Waals surface area contributed by atoms with Crippen LogP contribution in [0.4, 0.5) is 29.1 Å². The highest BCUT2D eigenvalue weighted by atomic mass is 19.3. The first kappa shape index (κ1) is 20.3. The van der Waals surface area contributed by atoms with E-state index in [2.05, 4.69) is 21.6 Å². The fraction of sp³-hybridized carbons (Fsp3) is 0.176. The minimum absolute atomic E-state index is 0.0376. The first-order valence-electron chi connectivity index (χ1n) is 7.53. The van der Waals surface area contributed by atoms with E-state index >= 15 is 0 Å². The summed E-state index contributed by atoms with van der Waals surface area (Å²) >= 11 is 0. The number of aliphatic hydroxyl groups is 1. The summed E-state index contributed by atoms with van der Waals surface area (Å²) in [7, 11) is 0. The van der Waals surface area contributed by atoms with Crippen molar-refractivity contribution in [1.82, 2.24) is 9.55 Å². The number of aromatic nitrogens is 2. The van der Waals surface area contributed by atoms with Crippen molar-refractivity contribution in [1.29, 1.82) is 0 Å². The highest BCUT2D eigenvalue weighted by Crippen LogP contribution is 2.20. The summed E-state index contributed by atoms with van der Waals surface area (Å²) in [6.07, 6.45) is 3.92. The van der Waals surface area contributed by atoms with Gasteiger partial charge in [0.2, 0.25) is 0 Å².